The number of methoxy groups -OCH3 is 1. The summed E-state index contributed by atoms with van der Waals surface area (Å²) in [7, 11) is 3.44. The number of ether oxygens (including phenoxy) is 2. The van der Waals surface area contributed by atoms with Crippen LogP contribution in [0.25, 0.3) is 10.2 Å². The monoisotopic (exact) mass is 415 g/mol. The predicted molar refractivity (Wildman–Crippen MR) is 113 cm³/mol. The first-order chi connectivity index (χ1) is 14.1. The third-order valence-electron chi connectivity index (χ3n) is 5.06. The lowest BCUT2D eigenvalue weighted by atomic mass is 10.2. The second-order valence-electron chi connectivity index (χ2n) is 7.04. The minimum atomic E-state index is -0.144. The maximum Gasteiger partial charge on any atom is 0.280 e. The first-order valence-electron chi connectivity index (χ1n) is 9.62. The van der Waals surface area contributed by atoms with Gasteiger partial charge in [-0.1, -0.05) is 17.4 Å². The van der Waals surface area contributed by atoms with Crippen molar-refractivity contribution in [2.75, 3.05) is 51.4 Å². The van der Waals surface area contributed by atoms with Gasteiger partial charge in [0, 0.05) is 39.4 Å². The molecule has 1 aromatic carbocycles. The normalized spacial score (nSPS) is 15.0. The van der Waals surface area contributed by atoms with E-state index in [-0.39, 0.29) is 5.91 Å². The minimum absolute atomic E-state index is 0.144. The van der Waals surface area contributed by atoms with Crippen LogP contribution in [0.3, 0.4) is 0 Å². The number of anilines is 1. The molecular formula is C20H25N5O3S. The second kappa shape index (κ2) is 8.48. The number of hydrogen-bond donors (Lipinski definition) is 0. The molecule has 0 bridgehead atoms. The highest BCUT2D eigenvalue weighted by atomic mass is 32.1. The van der Waals surface area contributed by atoms with Crippen molar-refractivity contribution in [3.05, 3.63) is 35.7 Å². The molecular weight excluding hydrogens is 390 g/mol. The highest BCUT2D eigenvalue weighted by Gasteiger charge is 2.25. The van der Waals surface area contributed by atoms with Gasteiger partial charge in [-0.3, -0.25) is 19.3 Å². The van der Waals surface area contributed by atoms with Gasteiger partial charge in [-0.05, 0) is 24.6 Å². The maximum atomic E-state index is 13.3. The zero-order valence-corrected chi connectivity index (χ0v) is 17.7. The number of thiazole rings is 1. The third kappa shape index (κ3) is 4.12. The van der Waals surface area contributed by atoms with Crippen LogP contribution in [0.5, 0.6) is 5.75 Å². The summed E-state index contributed by atoms with van der Waals surface area (Å²) in [5.74, 6) is 0.570. The summed E-state index contributed by atoms with van der Waals surface area (Å²) in [6, 6.07) is 5.67. The Morgan fingerprint density at radius 1 is 1.31 bits per heavy atom. The van der Waals surface area contributed by atoms with E-state index in [0.29, 0.717) is 23.1 Å². The van der Waals surface area contributed by atoms with Gasteiger partial charge in [0.05, 0.1) is 25.0 Å². The average Bonchev–Trinajstić information content (AvgIpc) is 3.36. The largest absolute Gasteiger partial charge is 0.494 e. The smallest absolute Gasteiger partial charge is 0.280 e. The first-order valence-corrected chi connectivity index (χ1v) is 10.4. The molecule has 0 radical (unpaired) electrons. The van der Waals surface area contributed by atoms with Gasteiger partial charge in [-0.25, -0.2) is 4.98 Å². The Labute approximate surface area is 173 Å². The number of aryl methyl sites for hydroxylation is 2. The average molecular weight is 416 g/mol. The van der Waals surface area contributed by atoms with Gasteiger partial charge >= 0.3 is 0 Å². The zero-order chi connectivity index (χ0) is 20.4. The van der Waals surface area contributed by atoms with Gasteiger partial charge < -0.3 is 9.47 Å². The number of aromatic nitrogens is 3. The molecule has 2 aromatic heterocycles. The summed E-state index contributed by atoms with van der Waals surface area (Å²) in [5.41, 5.74) is 2.32. The van der Waals surface area contributed by atoms with Crippen molar-refractivity contribution < 1.29 is 14.3 Å². The SMILES string of the molecule is COc1ccc(C)c2sc(N(CCN3CCOCC3)C(=O)c3ccn(C)n3)nc12. The number of carbonyl (C=O) groups is 1. The molecule has 154 valence electrons. The van der Waals surface area contributed by atoms with E-state index >= 15 is 0 Å². The van der Waals surface area contributed by atoms with Gasteiger partial charge in [-0.15, -0.1) is 0 Å². The van der Waals surface area contributed by atoms with Crippen LogP contribution in [0, 0.1) is 6.92 Å². The Morgan fingerprint density at radius 2 is 2.10 bits per heavy atom. The van der Waals surface area contributed by atoms with Gasteiger partial charge in [0.1, 0.15) is 11.3 Å². The Hall–Kier alpha value is -2.49. The molecule has 1 aliphatic rings. The molecule has 1 aliphatic heterocycles. The molecule has 3 heterocycles. The number of amides is 1. The lowest BCUT2D eigenvalue weighted by Gasteiger charge is -2.29. The summed E-state index contributed by atoms with van der Waals surface area (Å²) in [6.07, 6.45) is 1.78. The molecule has 0 atom stereocenters. The second-order valence-corrected chi connectivity index (χ2v) is 8.02. The molecule has 9 heteroatoms. The summed E-state index contributed by atoms with van der Waals surface area (Å²) in [4.78, 5) is 22.1. The number of hydrogen-bond acceptors (Lipinski definition) is 7. The number of rotatable bonds is 6. The van der Waals surface area contributed by atoms with Crippen LogP contribution in [0.1, 0.15) is 16.1 Å². The van der Waals surface area contributed by atoms with Crippen LogP contribution in [0.2, 0.25) is 0 Å². The molecule has 0 aliphatic carbocycles. The van der Waals surface area contributed by atoms with E-state index in [1.807, 2.05) is 19.1 Å². The highest BCUT2D eigenvalue weighted by Crippen LogP contribution is 2.36. The van der Waals surface area contributed by atoms with Crippen LogP contribution in [-0.4, -0.2) is 72.1 Å². The van der Waals surface area contributed by atoms with Crippen LogP contribution >= 0.6 is 11.3 Å². The van der Waals surface area contributed by atoms with Crippen molar-refractivity contribution in [3.63, 3.8) is 0 Å². The standard InChI is InChI=1S/C20H25N5O3S/c1-14-4-5-16(27-3)17-18(14)29-20(21-17)25(9-8-24-10-12-28-13-11-24)19(26)15-6-7-23(2)22-15/h4-7H,8-13H2,1-3H3. The van der Waals surface area contributed by atoms with Gasteiger partial charge in [0.25, 0.3) is 5.91 Å². The number of benzene rings is 1. The Balaban J connectivity index is 1.68. The molecule has 29 heavy (non-hydrogen) atoms. The molecule has 3 aromatic rings. The summed E-state index contributed by atoms with van der Waals surface area (Å²) in [5, 5.41) is 4.96. The molecule has 0 saturated carbocycles. The lowest BCUT2D eigenvalue weighted by Crippen LogP contribution is -2.43. The minimum Gasteiger partial charge on any atom is -0.494 e. The number of morpholine rings is 1. The lowest BCUT2D eigenvalue weighted by molar-refractivity contribution is 0.0391. The van der Waals surface area contributed by atoms with E-state index in [1.165, 1.54) is 11.3 Å². The van der Waals surface area contributed by atoms with Crippen molar-refractivity contribution in [2.24, 2.45) is 7.05 Å². The van der Waals surface area contributed by atoms with Gasteiger partial charge in [0.2, 0.25) is 0 Å². The van der Waals surface area contributed by atoms with E-state index < -0.39 is 0 Å². The Morgan fingerprint density at radius 3 is 2.79 bits per heavy atom. The highest BCUT2D eigenvalue weighted by molar-refractivity contribution is 7.22. The Kier molecular flexibility index (Phi) is 5.79. The van der Waals surface area contributed by atoms with E-state index in [9.17, 15) is 4.79 Å². The summed E-state index contributed by atoms with van der Waals surface area (Å²) < 4.78 is 13.6. The number of nitrogens with zero attached hydrogens (tertiary/aromatic N) is 5. The predicted octanol–water partition coefficient (Wildman–Crippen LogP) is 2.33. The summed E-state index contributed by atoms with van der Waals surface area (Å²) in [6.45, 7) is 6.54. The van der Waals surface area contributed by atoms with Crippen molar-refractivity contribution >= 4 is 32.6 Å². The van der Waals surface area contributed by atoms with E-state index in [4.69, 9.17) is 14.5 Å². The van der Waals surface area contributed by atoms with Crippen LogP contribution < -0.4 is 9.64 Å². The summed E-state index contributed by atoms with van der Waals surface area (Å²) >= 11 is 1.51. The molecule has 1 saturated heterocycles. The fraction of sp³-hybridized carbons (Fsp3) is 0.450. The molecule has 8 nitrogen and oxygen atoms in total. The van der Waals surface area contributed by atoms with E-state index in [0.717, 1.165) is 48.6 Å². The quantitative estimate of drug-likeness (QED) is 0.615. The van der Waals surface area contributed by atoms with Crippen LogP contribution in [0.15, 0.2) is 24.4 Å². The van der Waals surface area contributed by atoms with Gasteiger partial charge in [0.15, 0.2) is 10.8 Å². The molecule has 1 amide bonds. The molecule has 0 unspecified atom stereocenters. The van der Waals surface area contributed by atoms with Crippen LogP contribution in [-0.2, 0) is 11.8 Å². The number of carbonyl (C=O) groups excluding carboxylic acids is 1. The number of fused-ring (bicyclic) bond motifs is 1. The Bertz CT molecular complexity index is 1010. The van der Waals surface area contributed by atoms with E-state index in [2.05, 4.69) is 10.00 Å². The van der Waals surface area contributed by atoms with Crippen molar-refractivity contribution in [1.29, 1.82) is 0 Å². The van der Waals surface area contributed by atoms with Gasteiger partial charge in [-0.2, -0.15) is 5.10 Å². The molecule has 0 spiro atoms. The van der Waals surface area contributed by atoms with Crippen molar-refractivity contribution in [3.8, 4) is 5.75 Å². The maximum absolute atomic E-state index is 13.3. The molecule has 1 fully saturated rings. The topological polar surface area (TPSA) is 72.7 Å². The fourth-order valence-electron chi connectivity index (χ4n) is 3.40. The molecule has 4 rings (SSSR count). The van der Waals surface area contributed by atoms with Crippen molar-refractivity contribution in [1.82, 2.24) is 19.7 Å². The molecule has 0 N–H and O–H groups in total. The fourth-order valence-corrected chi connectivity index (χ4v) is 4.47. The van der Waals surface area contributed by atoms with E-state index in [1.54, 1.807) is 36.0 Å². The zero-order valence-electron chi connectivity index (χ0n) is 16.9. The van der Waals surface area contributed by atoms with Crippen molar-refractivity contribution in [2.45, 2.75) is 6.92 Å². The first kappa shape index (κ1) is 19.8. The van der Waals surface area contributed by atoms with Crippen LogP contribution in [0.4, 0.5) is 5.13 Å². The third-order valence-corrected chi connectivity index (χ3v) is 6.28.